The Bertz CT molecular complexity index is 1660. The van der Waals surface area contributed by atoms with E-state index in [-0.39, 0.29) is 22.5 Å². The van der Waals surface area contributed by atoms with Crippen LogP contribution in [0.4, 0.5) is 24.7 Å². The van der Waals surface area contributed by atoms with Gasteiger partial charge in [0.2, 0.25) is 5.27 Å². The highest BCUT2D eigenvalue weighted by Gasteiger charge is 2.30. The SMILES string of the molecule is CC(C)[n+]1cc(/N=C(\[O-])c2sc3nc(-c4ccc(Cl)cc4)cc(-c4ccc(C(F)(F)F)cc4)c3c2N)on1. The van der Waals surface area contributed by atoms with E-state index in [1.54, 1.807) is 30.3 Å². The third kappa shape index (κ3) is 4.94. The largest absolute Gasteiger partial charge is 0.857 e. The second kappa shape index (κ2) is 9.73. The quantitative estimate of drug-likeness (QED) is 0.158. The molecule has 0 saturated carbocycles. The van der Waals surface area contributed by atoms with Crippen molar-refractivity contribution in [3.8, 4) is 22.4 Å². The predicted molar refractivity (Wildman–Crippen MR) is 138 cm³/mol. The molecule has 0 radical (unpaired) electrons. The van der Waals surface area contributed by atoms with Crippen molar-refractivity contribution in [3.63, 3.8) is 0 Å². The van der Waals surface area contributed by atoms with Crippen LogP contribution >= 0.6 is 22.9 Å². The highest BCUT2D eigenvalue weighted by Crippen LogP contribution is 2.42. The molecule has 5 rings (SSSR count). The Morgan fingerprint density at radius 3 is 2.37 bits per heavy atom. The van der Waals surface area contributed by atoms with Crippen molar-refractivity contribution in [2.75, 3.05) is 5.73 Å². The highest BCUT2D eigenvalue weighted by molar-refractivity contribution is 7.21. The molecule has 0 aliphatic rings. The van der Waals surface area contributed by atoms with Gasteiger partial charge < -0.3 is 10.8 Å². The molecule has 194 valence electrons. The van der Waals surface area contributed by atoms with Crippen molar-refractivity contribution in [1.82, 2.24) is 10.3 Å². The summed E-state index contributed by atoms with van der Waals surface area (Å²) in [6, 6.07) is 13.4. The first-order chi connectivity index (χ1) is 18.0. The third-order valence-electron chi connectivity index (χ3n) is 5.77. The van der Waals surface area contributed by atoms with Gasteiger partial charge in [-0.2, -0.15) is 13.2 Å². The van der Waals surface area contributed by atoms with Crippen LogP contribution in [0.25, 0.3) is 32.6 Å². The third-order valence-corrected chi connectivity index (χ3v) is 7.11. The van der Waals surface area contributed by atoms with Gasteiger partial charge in [-0.25, -0.2) is 9.98 Å². The standard InChI is InChI=1S/C26H19ClF3N5O2S/c1-13(2)35-12-20(37-34-35)33-24(36)23-22(31)21-18(14-3-7-16(8-4-14)26(28,29)30)11-19(32-25(21)38-23)15-5-9-17(27)10-6-15/h3-13H,1-2H3,(H2-,31,33,34,36). The number of hydrogen-bond acceptors (Lipinski definition) is 7. The minimum Gasteiger partial charge on any atom is -0.857 e. The van der Waals surface area contributed by atoms with Crippen LogP contribution in [0, 0.1) is 0 Å². The van der Waals surface area contributed by atoms with E-state index in [1.165, 1.54) is 23.0 Å². The summed E-state index contributed by atoms with van der Waals surface area (Å²) in [5, 5.41) is 17.9. The Morgan fingerprint density at radius 2 is 1.76 bits per heavy atom. The molecule has 3 aromatic heterocycles. The number of hydrogen-bond donors (Lipinski definition) is 1. The summed E-state index contributed by atoms with van der Waals surface area (Å²) in [6.07, 6.45) is -2.98. The fourth-order valence-corrected chi connectivity index (χ4v) is 4.94. The van der Waals surface area contributed by atoms with Gasteiger partial charge in [0, 0.05) is 21.9 Å². The number of halogens is 4. The van der Waals surface area contributed by atoms with Crippen LogP contribution < -0.4 is 15.5 Å². The van der Waals surface area contributed by atoms with Crippen molar-refractivity contribution in [3.05, 3.63) is 76.3 Å². The van der Waals surface area contributed by atoms with Crippen LogP contribution in [0.2, 0.25) is 5.02 Å². The number of nitrogens with two attached hydrogens (primary N) is 1. The minimum absolute atomic E-state index is 0.00831. The van der Waals surface area contributed by atoms with E-state index in [4.69, 9.17) is 26.8 Å². The second-order valence-corrected chi connectivity index (χ2v) is 10.1. The fraction of sp³-hybridized carbons (Fsp3) is 0.154. The Labute approximate surface area is 223 Å². The van der Waals surface area contributed by atoms with E-state index in [2.05, 4.69) is 10.3 Å². The van der Waals surface area contributed by atoms with E-state index in [0.29, 0.717) is 32.1 Å². The Hall–Kier alpha value is -3.96. The van der Waals surface area contributed by atoms with Crippen LogP contribution in [0.15, 0.2) is 70.3 Å². The molecule has 3 heterocycles. The zero-order valence-corrected chi connectivity index (χ0v) is 21.5. The molecule has 0 aliphatic carbocycles. The van der Waals surface area contributed by atoms with Gasteiger partial charge in [-0.05, 0) is 60.0 Å². The monoisotopic (exact) mass is 557 g/mol. The molecule has 0 spiro atoms. The average molecular weight is 558 g/mol. The van der Waals surface area contributed by atoms with Gasteiger partial charge in [0.15, 0.2) is 6.04 Å². The van der Waals surface area contributed by atoms with Crippen LogP contribution in [0.1, 0.15) is 30.3 Å². The molecule has 12 heteroatoms. The summed E-state index contributed by atoms with van der Waals surface area (Å²) in [6.45, 7) is 3.79. The molecule has 0 bridgehead atoms. The number of aromatic nitrogens is 3. The van der Waals surface area contributed by atoms with Crippen molar-refractivity contribution in [2.45, 2.75) is 26.1 Å². The number of fused-ring (bicyclic) bond motifs is 1. The van der Waals surface area contributed by atoms with E-state index < -0.39 is 17.6 Å². The molecular weight excluding hydrogens is 539 g/mol. The number of thiophene rings is 1. The number of rotatable bonds is 5. The first-order valence-electron chi connectivity index (χ1n) is 11.3. The van der Waals surface area contributed by atoms with Crippen molar-refractivity contribution in [1.29, 1.82) is 0 Å². The summed E-state index contributed by atoms with van der Waals surface area (Å²) in [4.78, 5) is 9.25. The summed E-state index contributed by atoms with van der Waals surface area (Å²) < 4.78 is 46.2. The lowest BCUT2D eigenvalue weighted by molar-refractivity contribution is -0.779. The van der Waals surface area contributed by atoms with Gasteiger partial charge in [0.1, 0.15) is 4.83 Å². The lowest BCUT2D eigenvalue weighted by Gasteiger charge is -2.11. The maximum atomic E-state index is 13.2. The molecule has 0 unspecified atom stereocenters. The number of nitrogens with zero attached hydrogens (tertiary/aromatic N) is 4. The molecular formula is C26H19ClF3N5O2S. The van der Waals surface area contributed by atoms with E-state index in [0.717, 1.165) is 29.0 Å². The molecule has 7 nitrogen and oxygen atoms in total. The number of benzene rings is 2. The number of anilines is 1. The zero-order chi connectivity index (χ0) is 27.2. The fourth-order valence-electron chi connectivity index (χ4n) is 3.81. The number of alkyl halides is 3. The predicted octanol–water partition coefficient (Wildman–Crippen LogP) is 6.18. The Kier molecular flexibility index (Phi) is 6.58. The molecule has 5 aromatic rings. The summed E-state index contributed by atoms with van der Waals surface area (Å²) in [7, 11) is 0. The zero-order valence-electron chi connectivity index (χ0n) is 20.0. The molecule has 2 aromatic carbocycles. The molecule has 0 fully saturated rings. The number of nitrogen functional groups attached to an aromatic ring is 1. The number of aliphatic imine (C=N–C) groups is 1. The molecule has 0 atom stereocenters. The Morgan fingerprint density at radius 1 is 1.11 bits per heavy atom. The summed E-state index contributed by atoms with van der Waals surface area (Å²) >= 11 is 7.07. The minimum atomic E-state index is -4.47. The van der Waals surface area contributed by atoms with E-state index >= 15 is 0 Å². The van der Waals surface area contributed by atoms with Gasteiger partial charge in [0.05, 0.1) is 21.8 Å². The van der Waals surface area contributed by atoms with Gasteiger partial charge in [-0.3, -0.25) is 4.52 Å². The van der Waals surface area contributed by atoms with Crippen molar-refractivity contribution in [2.24, 2.45) is 4.99 Å². The van der Waals surface area contributed by atoms with Crippen LogP contribution in [0.5, 0.6) is 0 Å². The molecule has 0 amide bonds. The van der Waals surface area contributed by atoms with Gasteiger partial charge >= 0.3 is 12.1 Å². The summed E-state index contributed by atoms with van der Waals surface area (Å²) in [5.74, 6) is -0.637. The van der Waals surface area contributed by atoms with Gasteiger partial charge in [0.25, 0.3) is 6.20 Å². The normalized spacial score (nSPS) is 12.6. The van der Waals surface area contributed by atoms with E-state index in [9.17, 15) is 18.3 Å². The molecule has 38 heavy (non-hydrogen) atoms. The molecule has 0 aliphatic heterocycles. The van der Waals surface area contributed by atoms with Gasteiger partial charge in [-0.1, -0.05) is 35.9 Å². The molecule has 2 N–H and O–H groups in total. The maximum absolute atomic E-state index is 13.2. The van der Waals surface area contributed by atoms with Gasteiger partial charge in [-0.15, -0.1) is 11.3 Å². The van der Waals surface area contributed by atoms with Crippen LogP contribution in [-0.4, -0.2) is 16.2 Å². The number of pyridine rings is 1. The smallest absolute Gasteiger partial charge is 0.416 e. The topological polar surface area (TPSA) is 104 Å². The van der Waals surface area contributed by atoms with Crippen molar-refractivity contribution < 1.29 is 27.5 Å². The first-order valence-corrected chi connectivity index (χ1v) is 12.5. The van der Waals surface area contributed by atoms with Crippen LogP contribution in [0.3, 0.4) is 0 Å². The van der Waals surface area contributed by atoms with E-state index in [1.807, 2.05) is 13.8 Å². The molecule has 0 saturated heterocycles. The summed E-state index contributed by atoms with van der Waals surface area (Å²) in [5.41, 5.74) is 8.06. The Balaban J connectivity index is 1.68. The second-order valence-electron chi connectivity index (χ2n) is 8.69. The highest BCUT2D eigenvalue weighted by atomic mass is 35.5. The first kappa shape index (κ1) is 25.7. The van der Waals surface area contributed by atoms with Crippen LogP contribution in [-0.2, 0) is 6.18 Å². The lowest BCUT2D eigenvalue weighted by Crippen LogP contribution is -2.36. The average Bonchev–Trinajstić information content (AvgIpc) is 3.48. The van der Waals surface area contributed by atoms with Crippen molar-refractivity contribution >= 4 is 50.6 Å². The maximum Gasteiger partial charge on any atom is 0.416 e. The lowest BCUT2D eigenvalue weighted by atomic mass is 9.98.